The lowest BCUT2D eigenvalue weighted by Gasteiger charge is -2.21. The van der Waals surface area contributed by atoms with Crippen molar-refractivity contribution in [2.45, 2.75) is 43.9 Å². The van der Waals surface area contributed by atoms with Crippen LogP contribution in [0.25, 0.3) is 0 Å². The fourth-order valence-electron chi connectivity index (χ4n) is 3.48. The second-order valence-electron chi connectivity index (χ2n) is 7.71. The molecule has 1 atom stereocenters. The van der Waals surface area contributed by atoms with Crippen molar-refractivity contribution in [1.29, 1.82) is 0 Å². The van der Waals surface area contributed by atoms with Gasteiger partial charge in [0.2, 0.25) is 5.91 Å². The molecular weight excluding hydrogens is 448 g/mol. The number of sulfone groups is 1. The number of rotatable bonds is 9. The Morgan fingerprint density at radius 2 is 2.00 bits per heavy atom. The summed E-state index contributed by atoms with van der Waals surface area (Å²) < 4.78 is 42.4. The molecule has 10 heteroatoms. The number of benzene rings is 2. The molecule has 2 N–H and O–H groups in total. The third-order valence-electron chi connectivity index (χ3n) is 5.24. The van der Waals surface area contributed by atoms with Crippen molar-refractivity contribution >= 4 is 27.3 Å². The Morgan fingerprint density at radius 3 is 2.70 bits per heavy atom. The molecule has 33 heavy (non-hydrogen) atoms. The topological polar surface area (TPSA) is 120 Å². The molecule has 1 heterocycles. The van der Waals surface area contributed by atoms with Crippen LogP contribution < -0.4 is 24.8 Å². The van der Waals surface area contributed by atoms with Gasteiger partial charge < -0.3 is 24.8 Å². The molecule has 0 aliphatic carbocycles. The van der Waals surface area contributed by atoms with Crippen molar-refractivity contribution in [2.24, 2.45) is 0 Å². The first-order chi connectivity index (χ1) is 15.6. The predicted octanol–water partition coefficient (Wildman–Crippen LogP) is 2.60. The summed E-state index contributed by atoms with van der Waals surface area (Å²) in [4.78, 5) is 24.0. The van der Waals surface area contributed by atoms with E-state index in [9.17, 15) is 18.0 Å². The van der Waals surface area contributed by atoms with Crippen molar-refractivity contribution in [2.75, 3.05) is 25.6 Å². The smallest absolute Gasteiger partial charge is 0.262 e. The number of methoxy groups -OCH3 is 1. The van der Waals surface area contributed by atoms with Gasteiger partial charge in [-0.05, 0) is 50.1 Å². The first-order valence-corrected chi connectivity index (χ1v) is 12.1. The quantitative estimate of drug-likeness (QED) is 0.571. The zero-order valence-electron chi connectivity index (χ0n) is 19.1. The summed E-state index contributed by atoms with van der Waals surface area (Å²) in [6, 6.07) is 8.30. The number of ether oxygens (including phenoxy) is 3. The number of hydrogen-bond acceptors (Lipinski definition) is 7. The van der Waals surface area contributed by atoms with Gasteiger partial charge in [-0.1, -0.05) is 6.07 Å². The van der Waals surface area contributed by atoms with E-state index in [4.69, 9.17) is 14.2 Å². The molecule has 0 bridgehead atoms. The average Bonchev–Trinajstić information content (AvgIpc) is 2.77. The Labute approximate surface area is 193 Å². The van der Waals surface area contributed by atoms with E-state index in [1.54, 1.807) is 25.1 Å². The second kappa shape index (κ2) is 10.1. The van der Waals surface area contributed by atoms with Crippen molar-refractivity contribution in [3.63, 3.8) is 0 Å². The second-order valence-corrected chi connectivity index (χ2v) is 10.0. The van der Waals surface area contributed by atoms with Crippen molar-refractivity contribution in [3.8, 4) is 17.2 Å². The Hall–Kier alpha value is -3.27. The van der Waals surface area contributed by atoms with Crippen LogP contribution in [0.15, 0.2) is 35.2 Å². The Kier molecular flexibility index (Phi) is 7.47. The van der Waals surface area contributed by atoms with E-state index in [0.717, 1.165) is 5.56 Å². The molecule has 2 amide bonds. The summed E-state index contributed by atoms with van der Waals surface area (Å²) >= 11 is 0. The van der Waals surface area contributed by atoms with Gasteiger partial charge in [-0.15, -0.1) is 0 Å². The maximum atomic E-state index is 13.1. The molecular formula is C23H28N2O7S. The number of anilines is 1. The third-order valence-corrected chi connectivity index (χ3v) is 7.52. The highest BCUT2D eigenvalue weighted by Crippen LogP contribution is 2.34. The molecule has 178 valence electrons. The molecule has 0 spiro atoms. The first kappa shape index (κ1) is 24.4. The minimum atomic E-state index is -3.81. The monoisotopic (exact) mass is 476 g/mol. The highest BCUT2D eigenvalue weighted by atomic mass is 32.2. The average molecular weight is 477 g/mol. The molecule has 0 radical (unpaired) electrons. The molecule has 0 saturated heterocycles. The zero-order valence-corrected chi connectivity index (χ0v) is 19.9. The molecule has 3 rings (SSSR count). The molecule has 0 fully saturated rings. The fourth-order valence-corrected chi connectivity index (χ4v) is 5.06. The van der Waals surface area contributed by atoms with Gasteiger partial charge in [0.25, 0.3) is 5.91 Å². The highest BCUT2D eigenvalue weighted by Gasteiger charge is 2.29. The number of aryl methyl sites for hydroxylation is 1. The first-order valence-electron chi connectivity index (χ1n) is 10.5. The Balaban J connectivity index is 1.66. The molecule has 0 aromatic heterocycles. The summed E-state index contributed by atoms with van der Waals surface area (Å²) in [6.07, 6.45) is -0.204. The molecule has 1 aliphatic heterocycles. The minimum absolute atomic E-state index is 0.0777. The van der Waals surface area contributed by atoms with Crippen molar-refractivity contribution < 1.29 is 32.2 Å². The van der Waals surface area contributed by atoms with Crippen LogP contribution in [0.1, 0.15) is 31.4 Å². The van der Waals surface area contributed by atoms with Gasteiger partial charge in [0.05, 0.1) is 29.5 Å². The summed E-state index contributed by atoms with van der Waals surface area (Å²) in [5, 5.41) is 4.45. The number of hydrogen-bond donors (Lipinski definition) is 2. The lowest BCUT2D eigenvalue weighted by atomic mass is 10.2. The number of amides is 2. The van der Waals surface area contributed by atoms with Gasteiger partial charge >= 0.3 is 0 Å². The predicted molar refractivity (Wildman–Crippen MR) is 123 cm³/mol. The zero-order chi connectivity index (χ0) is 24.2. The summed E-state index contributed by atoms with van der Waals surface area (Å²) in [5.74, 6) is 0.769. The number of carbonyl (C=O) groups is 2. The van der Waals surface area contributed by atoms with E-state index in [1.807, 2.05) is 13.0 Å². The van der Waals surface area contributed by atoms with Crippen LogP contribution in [0.3, 0.4) is 0 Å². The van der Waals surface area contributed by atoms with E-state index in [0.29, 0.717) is 35.1 Å². The Morgan fingerprint density at radius 1 is 1.24 bits per heavy atom. The summed E-state index contributed by atoms with van der Waals surface area (Å²) in [6.45, 7) is 5.56. The van der Waals surface area contributed by atoms with E-state index in [2.05, 4.69) is 10.6 Å². The van der Waals surface area contributed by atoms with E-state index in [-0.39, 0.29) is 30.4 Å². The summed E-state index contributed by atoms with van der Waals surface area (Å²) in [5.41, 5.74) is 1.69. The van der Waals surface area contributed by atoms with Crippen LogP contribution in [0.2, 0.25) is 0 Å². The van der Waals surface area contributed by atoms with Gasteiger partial charge in [0.1, 0.15) is 5.75 Å². The van der Waals surface area contributed by atoms with Crippen LogP contribution in [0.4, 0.5) is 5.69 Å². The third kappa shape index (κ3) is 5.57. The molecule has 2 aromatic carbocycles. The van der Waals surface area contributed by atoms with Gasteiger partial charge in [-0.2, -0.15) is 0 Å². The van der Waals surface area contributed by atoms with Crippen LogP contribution in [-0.2, 0) is 26.0 Å². The maximum absolute atomic E-state index is 13.1. The number of nitrogens with one attached hydrogen (secondary N) is 2. The molecule has 1 aliphatic rings. The van der Waals surface area contributed by atoms with E-state index < -0.39 is 21.0 Å². The highest BCUT2D eigenvalue weighted by molar-refractivity contribution is 7.92. The van der Waals surface area contributed by atoms with Crippen molar-refractivity contribution in [1.82, 2.24) is 5.32 Å². The van der Waals surface area contributed by atoms with Gasteiger partial charge in [0.15, 0.2) is 27.9 Å². The van der Waals surface area contributed by atoms with Gasteiger partial charge in [-0.3, -0.25) is 9.59 Å². The van der Waals surface area contributed by atoms with Gasteiger partial charge in [0, 0.05) is 19.0 Å². The largest absolute Gasteiger partial charge is 0.493 e. The summed E-state index contributed by atoms with van der Waals surface area (Å²) in [7, 11) is -2.27. The standard InChI is InChI=1S/C23H28N2O7S/c1-5-31-18-7-6-16(10-20(18)30-4)12-24-22(26)9-15(3)33(28,29)21-11-19-17(8-14(21)2)25-23(27)13-32-19/h6-8,10-11,15H,5,9,12-13H2,1-4H3,(H,24,26)(H,25,27)/t15-/m1/s1. The molecule has 0 unspecified atom stereocenters. The Bertz CT molecular complexity index is 1160. The fraction of sp³-hybridized carbons (Fsp3) is 0.391. The van der Waals surface area contributed by atoms with E-state index >= 15 is 0 Å². The SMILES string of the molecule is CCOc1ccc(CNC(=O)C[C@@H](C)S(=O)(=O)c2cc3c(cc2C)NC(=O)CO3)cc1OC. The van der Waals surface area contributed by atoms with Crippen LogP contribution in [0, 0.1) is 6.92 Å². The lowest BCUT2D eigenvalue weighted by Crippen LogP contribution is -2.30. The number of fused-ring (bicyclic) bond motifs is 1. The molecule has 0 saturated carbocycles. The van der Waals surface area contributed by atoms with Gasteiger partial charge in [-0.25, -0.2) is 8.42 Å². The van der Waals surface area contributed by atoms with Crippen LogP contribution in [0.5, 0.6) is 17.2 Å². The molecule has 9 nitrogen and oxygen atoms in total. The van der Waals surface area contributed by atoms with Crippen LogP contribution in [-0.4, -0.2) is 45.8 Å². The lowest BCUT2D eigenvalue weighted by molar-refractivity contribution is -0.121. The normalized spacial score (nSPS) is 13.9. The minimum Gasteiger partial charge on any atom is -0.493 e. The maximum Gasteiger partial charge on any atom is 0.262 e. The molecule has 2 aromatic rings. The number of carbonyl (C=O) groups excluding carboxylic acids is 2. The van der Waals surface area contributed by atoms with Crippen molar-refractivity contribution in [3.05, 3.63) is 41.5 Å². The van der Waals surface area contributed by atoms with E-state index in [1.165, 1.54) is 20.1 Å². The van der Waals surface area contributed by atoms with Crippen LogP contribution >= 0.6 is 0 Å².